The number of hydrogen-bond donors (Lipinski definition) is 2. The molecule has 23 heavy (non-hydrogen) atoms. The van der Waals surface area contributed by atoms with E-state index in [0.717, 1.165) is 0 Å². The number of aromatic carboxylic acids is 1. The molecule has 2 N–H and O–H groups in total. The molecule has 2 aromatic rings. The van der Waals surface area contributed by atoms with Crippen LogP contribution in [0.4, 0.5) is 5.69 Å². The van der Waals surface area contributed by atoms with Gasteiger partial charge in [-0.3, -0.25) is 4.79 Å². The Hall–Kier alpha value is -2.67. The molecule has 6 nitrogen and oxygen atoms in total. The molecule has 0 saturated carbocycles. The SMILES string of the molecule is COC(=O)c1ccccc1C(=O)Nc1ccc(Br)cc1C(=O)O. The number of benzene rings is 2. The first-order valence-corrected chi connectivity index (χ1v) is 7.25. The van der Waals surface area contributed by atoms with Gasteiger partial charge >= 0.3 is 11.9 Å². The van der Waals surface area contributed by atoms with Gasteiger partial charge in [0.15, 0.2) is 0 Å². The third kappa shape index (κ3) is 3.75. The van der Waals surface area contributed by atoms with Gasteiger partial charge in [-0.05, 0) is 30.3 Å². The number of rotatable bonds is 4. The minimum atomic E-state index is -1.18. The third-order valence-corrected chi connectivity index (χ3v) is 3.53. The van der Waals surface area contributed by atoms with Crippen molar-refractivity contribution in [3.05, 3.63) is 63.6 Å². The molecule has 2 aromatic carbocycles. The molecule has 1 amide bonds. The molecule has 0 radical (unpaired) electrons. The normalized spacial score (nSPS) is 10.0. The predicted octanol–water partition coefficient (Wildman–Crippen LogP) is 3.19. The zero-order valence-corrected chi connectivity index (χ0v) is 13.6. The van der Waals surface area contributed by atoms with E-state index in [2.05, 4.69) is 26.0 Å². The van der Waals surface area contributed by atoms with E-state index >= 15 is 0 Å². The van der Waals surface area contributed by atoms with Crippen LogP contribution in [0.25, 0.3) is 0 Å². The summed E-state index contributed by atoms with van der Waals surface area (Å²) in [5, 5.41) is 11.7. The Balaban J connectivity index is 2.38. The summed E-state index contributed by atoms with van der Waals surface area (Å²) in [4.78, 5) is 35.4. The van der Waals surface area contributed by atoms with Crippen LogP contribution >= 0.6 is 15.9 Å². The average Bonchev–Trinajstić information content (AvgIpc) is 2.55. The largest absolute Gasteiger partial charge is 0.478 e. The number of hydrogen-bond acceptors (Lipinski definition) is 4. The number of carboxylic acid groups (broad SMARTS) is 1. The van der Waals surface area contributed by atoms with Crippen molar-refractivity contribution < 1.29 is 24.2 Å². The standard InChI is InChI=1S/C16H12BrNO5/c1-23-16(22)11-5-3-2-4-10(11)14(19)18-13-7-6-9(17)8-12(13)15(20)21/h2-8H,1H3,(H,18,19)(H,20,21). The molecule has 0 bridgehead atoms. The van der Waals surface area contributed by atoms with E-state index in [-0.39, 0.29) is 22.4 Å². The maximum atomic E-state index is 12.4. The summed E-state index contributed by atoms with van der Waals surface area (Å²) in [6, 6.07) is 10.6. The lowest BCUT2D eigenvalue weighted by atomic mass is 10.1. The summed E-state index contributed by atoms with van der Waals surface area (Å²) in [5.74, 6) is -2.43. The Morgan fingerprint density at radius 3 is 2.30 bits per heavy atom. The van der Waals surface area contributed by atoms with E-state index in [4.69, 9.17) is 0 Å². The van der Waals surface area contributed by atoms with Crippen LogP contribution < -0.4 is 5.32 Å². The van der Waals surface area contributed by atoms with Crippen molar-refractivity contribution in [3.63, 3.8) is 0 Å². The molecule has 0 spiro atoms. The van der Waals surface area contributed by atoms with Gasteiger partial charge in [0, 0.05) is 4.47 Å². The number of carbonyl (C=O) groups is 3. The van der Waals surface area contributed by atoms with Crippen molar-refractivity contribution in [2.75, 3.05) is 12.4 Å². The van der Waals surface area contributed by atoms with Gasteiger partial charge in [-0.2, -0.15) is 0 Å². The van der Waals surface area contributed by atoms with Crippen molar-refractivity contribution in [2.24, 2.45) is 0 Å². The van der Waals surface area contributed by atoms with Crippen LogP contribution in [0.1, 0.15) is 31.1 Å². The number of nitrogens with one attached hydrogen (secondary N) is 1. The van der Waals surface area contributed by atoms with Crippen LogP contribution in [0, 0.1) is 0 Å². The smallest absolute Gasteiger partial charge is 0.338 e. The highest BCUT2D eigenvalue weighted by Gasteiger charge is 2.19. The minimum absolute atomic E-state index is 0.0664. The van der Waals surface area contributed by atoms with E-state index in [9.17, 15) is 19.5 Å². The molecule has 0 aromatic heterocycles. The van der Waals surface area contributed by atoms with Gasteiger partial charge < -0.3 is 15.2 Å². The van der Waals surface area contributed by atoms with E-state index in [1.807, 2.05) is 0 Å². The van der Waals surface area contributed by atoms with E-state index in [0.29, 0.717) is 4.47 Å². The molecular formula is C16H12BrNO5. The van der Waals surface area contributed by atoms with Gasteiger partial charge in [0.05, 0.1) is 29.5 Å². The van der Waals surface area contributed by atoms with Crippen LogP contribution in [0.3, 0.4) is 0 Å². The van der Waals surface area contributed by atoms with Crippen molar-refractivity contribution in [1.29, 1.82) is 0 Å². The second-order valence-corrected chi connectivity index (χ2v) is 5.40. The van der Waals surface area contributed by atoms with E-state index in [1.165, 1.54) is 31.4 Å². The van der Waals surface area contributed by atoms with Crippen molar-refractivity contribution in [3.8, 4) is 0 Å². The number of methoxy groups -OCH3 is 1. The second kappa shape index (κ2) is 7.06. The van der Waals surface area contributed by atoms with E-state index in [1.54, 1.807) is 18.2 Å². The highest BCUT2D eigenvalue weighted by molar-refractivity contribution is 9.10. The first-order valence-electron chi connectivity index (χ1n) is 6.45. The molecule has 0 fully saturated rings. The Labute approximate surface area is 140 Å². The summed E-state index contributed by atoms with van der Waals surface area (Å²) in [6.45, 7) is 0. The van der Waals surface area contributed by atoms with Gasteiger partial charge in [-0.1, -0.05) is 28.1 Å². The first-order chi connectivity index (χ1) is 10.9. The fourth-order valence-corrected chi connectivity index (χ4v) is 2.32. The van der Waals surface area contributed by atoms with Crippen LogP contribution in [0.2, 0.25) is 0 Å². The quantitative estimate of drug-likeness (QED) is 0.798. The summed E-state index contributed by atoms with van der Waals surface area (Å²) in [7, 11) is 1.22. The number of halogens is 1. The summed E-state index contributed by atoms with van der Waals surface area (Å²) >= 11 is 3.18. The predicted molar refractivity (Wildman–Crippen MR) is 86.8 cm³/mol. The maximum Gasteiger partial charge on any atom is 0.338 e. The highest BCUT2D eigenvalue weighted by Crippen LogP contribution is 2.22. The number of carbonyl (C=O) groups excluding carboxylic acids is 2. The molecule has 0 aliphatic carbocycles. The number of carboxylic acids is 1. The fraction of sp³-hybridized carbons (Fsp3) is 0.0625. The van der Waals surface area contributed by atoms with Crippen molar-refractivity contribution in [1.82, 2.24) is 0 Å². The lowest BCUT2D eigenvalue weighted by Gasteiger charge is -2.11. The molecule has 0 heterocycles. The van der Waals surface area contributed by atoms with Crippen LogP contribution in [0.15, 0.2) is 46.9 Å². The second-order valence-electron chi connectivity index (χ2n) is 4.49. The Kier molecular flexibility index (Phi) is 5.13. The van der Waals surface area contributed by atoms with Crippen LogP contribution in [-0.4, -0.2) is 30.1 Å². The zero-order chi connectivity index (χ0) is 17.0. The molecule has 0 aliphatic heterocycles. The van der Waals surface area contributed by atoms with Crippen molar-refractivity contribution >= 4 is 39.5 Å². The topological polar surface area (TPSA) is 92.7 Å². The van der Waals surface area contributed by atoms with Gasteiger partial charge in [0.2, 0.25) is 0 Å². The number of esters is 1. The Morgan fingerprint density at radius 1 is 1.04 bits per heavy atom. The average molecular weight is 378 g/mol. The van der Waals surface area contributed by atoms with Crippen LogP contribution in [-0.2, 0) is 4.74 Å². The Morgan fingerprint density at radius 2 is 1.70 bits per heavy atom. The summed E-state index contributed by atoms with van der Waals surface area (Å²) in [6.07, 6.45) is 0. The zero-order valence-electron chi connectivity index (χ0n) is 12.0. The lowest BCUT2D eigenvalue weighted by Crippen LogP contribution is -2.18. The fourth-order valence-electron chi connectivity index (χ4n) is 1.96. The van der Waals surface area contributed by atoms with Crippen molar-refractivity contribution in [2.45, 2.75) is 0 Å². The van der Waals surface area contributed by atoms with E-state index < -0.39 is 17.8 Å². The third-order valence-electron chi connectivity index (χ3n) is 3.04. The van der Waals surface area contributed by atoms with Crippen LogP contribution in [0.5, 0.6) is 0 Å². The molecule has 118 valence electrons. The van der Waals surface area contributed by atoms with Gasteiger partial charge in [0.25, 0.3) is 5.91 Å². The lowest BCUT2D eigenvalue weighted by molar-refractivity contribution is 0.0596. The molecule has 0 aliphatic rings. The molecule has 2 rings (SSSR count). The van der Waals surface area contributed by atoms with Gasteiger partial charge in [-0.15, -0.1) is 0 Å². The molecule has 7 heteroatoms. The summed E-state index contributed by atoms with van der Waals surface area (Å²) in [5.41, 5.74) is 0.258. The minimum Gasteiger partial charge on any atom is -0.478 e. The van der Waals surface area contributed by atoms with Gasteiger partial charge in [0.1, 0.15) is 0 Å². The highest BCUT2D eigenvalue weighted by atomic mass is 79.9. The number of amides is 1. The number of anilines is 1. The Bertz CT molecular complexity index is 788. The monoisotopic (exact) mass is 377 g/mol. The number of ether oxygens (including phenoxy) is 1. The molecular weight excluding hydrogens is 366 g/mol. The maximum absolute atomic E-state index is 12.4. The molecule has 0 unspecified atom stereocenters. The molecule has 0 saturated heterocycles. The first kappa shape index (κ1) is 16.7. The summed E-state index contributed by atoms with van der Waals surface area (Å²) < 4.78 is 5.21. The molecule has 0 atom stereocenters. The van der Waals surface area contributed by atoms with Gasteiger partial charge in [-0.25, -0.2) is 9.59 Å².